The van der Waals surface area contributed by atoms with Crippen molar-refractivity contribution < 1.29 is 4.74 Å². The van der Waals surface area contributed by atoms with Gasteiger partial charge in [0, 0.05) is 50.0 Å². The van der Waals surface area contributed by atoms with E-state index in [0.29, 0.717) is 5.82 Å². The molecule has 5 nitrogen and oxygen atoms in total. The fraction of sp³-hybridized carbons (Fsp3) is 0. The summed E-state index contributed by atoms with van der Waals surface area (Å²) < 4.78 is 11.5. The van der Waals surface area contributed by atoms with E-state index >= 15 is 0 Å². The summed E-state index contributed by atoms with van der Waals surface area (Å²) in [5.41, 5.74) is 11.4. The molecular weight excluding hydrogens is 625 g/mol. The summed E-state index contributed by atoms with van der Waals surface area (Å²) in [6.07, 6.45) is 0. The zero-order valence-electron chi connectivity index (χ0n) is 27.4. The van der Waals surface area contributed by atoms with E-state index < -0.39 is 0 Å². The van der Waals surface area contributed by atoms with Crippen LogP contribution in [0.3, 0.4) is 0 Å². The van der Waals surface area contributed by atoms with Crippen molar-refractivity contribution in [3.63, 3.8) is 0 Å². The third-order valence-electron chi connectivity index (χ3n) is 10.1. The summed E-state index contributed by atoms with van der Waals surface area (Å²) in [7, 11) is 0. The molecule has 0 N–H and O–H groups in total. The first-order valence-corrected chi connectivity index (χ1v) is 17.2. The van der Waals surface area contributed by atoms with Gasteiger partial charge in [0.1, 0.15) is 0 Å². The molecule has 0 saturated carbocycles. The minimum absolute atomic E-state index is 0.679. The van der Waals surface area contributed by atoms with Crippen molar-refractivity contribution in [2.45, 2.75) is 0 Å². The number of benzene rings is 7. The van der Waals surface area contributed by atoms with Gasteiger partial charge >= 0.3 is 0 Å². The molecule has 10 aromatic rings. The molecule has 3 aromatic heterocycles. The molecule has 5 heteroatoms. The largest absolute Gasteiger partial charge is 0.453 e. The highest BCUT2D eigenvalue weighted by molar-refractivity contribution is 6.30. The fourth-order valence-corrected chi connectivity index (χ4v) is 7.90. The van der Waals surface area contributed by atoms with E-state index in [1.54, 1.807) is 0 Å². The van der Waals surface area contributed by atoms with Gasteiger partial charge < -0.3 is 13.9 Å². The van der Waals surface area contributed by atoms with E-state index in [9.17, 15) is 0 Å². The lowest BCUT2D eigenvalue weighted by Gasteiger charge is -2.21. The van der Waals surface area contributed by atoms with Crippen LogP contribution in [0.2, 0.25) is 0 Å². The molecule has 0 bridgehead atoms. The van der Waals surface area contributed by atoms with Gasteiger partial charge in [-0.3, -0.25) is 0 Å². The van der Waals surface area contributed by atoms with Crippen LogP contribution in [-0.4, -0.2) is 19.1 Å². The lowest BCUT2D eigenvalue weighted by Crippen LogP contribution is -2.04. The summed E-state index contributed by atoms with van der Waals surface area (Å²) in [4.78, 5) is 10.3. The molecule has 0 saturated heterocycles. The second-order valence-electron chi connectivity index (χ2n) is 13.0. The summed E-state index contributed by atoms with van der Waals surface area (Å²) >= 11 is 0. The SMILES string of the molecule is c1ccc(-c2cc(-c3ccccc3)nc(-c3cccc(-n4c5ccccc5c5c6c7ccccc7n7c6c(cc54)Oc4ccccc4-7)c3)n2)cc1. The van der Waals surface area contributed by atoms with Gasteiger partial charge in [-0.1, -0.05) is 121 Å². The number of ether oxygens (including phenoxy) is 1. The molecule has 4 heterocycles. The maximum atomic E-state index is 6.72. The molecule has 0 spiro atoms. The highest BCUT2D eigenvalue weighted by atomic mass is 16.5. The Bertz CT molecular complexity index is 2940. The molecule has 1 aliphatic rings. The van der Waals surface area contributed by atoms with Gasteiger partial charge in [-0.15, -0.1) is 0 Å². The molecule has 238 valence electrons. The second kappa shape index (κ2) is 10.8. The number of para-hydroxylation sites is 4. The first-order valence-electron chi connectivity index (χ1n) is 17.2. The van der Waals surface area contributed by atoms with Crippen molar-refractivity contribution in [1.82, 2.24) is 19.1 Å². The molecule has 0 amide bonds. The van der Waals surface area contributed by atoms with Crippen molar-refractivity contribution in [2.75, 3.05) is 0 Å². The Hall–Kier alpha value is -6.98. The third kappa shape index (κ3) is 4.15. The predicted octanol–water partition coefficient (Wildman–Crippen LogP) is 11.8. The zero-order chi connectivity index (χ0) is 33.5. The van der Waals surface area contributed by atoms with Crippen molar-refractivity contribution in [2.24, 2.45) is 0 Å². The van der Waals surface area contributed by atoms with E-state index in [1.165, 1.54) is 27.1 Å². The van der Waals surface area contributed by atoms with Crippen molar-refractivity contribution >= 4 is 43.6 Å². The van der Waals surface area contributed by atoms with E-state index in [0.717, 1.165) is 67.5 Å². The number of aromatic nitrogens is 4. The number of rotatable bonds is 4. The number of hydrogen-bond donors (Lipinski definition) is 0. The van der Waals surface area contributed by atoms with Gasteiger partial charge in [0.15, 0.2) is 17.3 Å². The van der Waals surface area contributed by atoms with Gasteiger partial charge in [-0.2, -0.15) is 0 Å². The smallest absolute Gasteiger partial charge is 0.160 e. The average molecular weight is 653 g/mol. The maximum Gasteiger partial charge on any atom is 0.160 e. The molecule has 0 atom stereocenters. The highest BCUT2D eigenvalue weighted by Gasteiger charge is 2.28. The quantitative estimate of drug-likeness (QED) is 0.190. The molecule has 51 heavy (non-hydrogen) atoms. The van der Waals surface area contributed by atoms with Crippen LogP contribution >= 0.6 is 0 Å². The van der Waals surface area contributed by atoms with Crippen LogP contribution < -0.4 is 4.74 Å². The Morgan fingerprint density at radius 2 is 1.00 bits per heavy atom. The summed E-state index contributed by atoms with van der Waals surface area (Å²) in [6, 6.07) is 59.2. The molecule has 0 fully saturated rings. The van der Waals surface area contributed by atoms with Gasteiger partial charge in [-0.25, -0.2) is 9.97 Å². The van der Waals surface area contributed by atoms with E-state index in [2.05, 4.69) is 137 Å². The molecule has 1 aliphatic heterocycles. The predicted molar refractivity (Wildman–Crippen MR) is 207 cm³/mol. The van der Waals surface area contributed by atoms with Crippen LogP contribution in [0.1, 0.15) is 0 Å². The molecule has 11 rings (SSSR count). The number of fused-ring (bicyclic) bond motifs is 9. The lowest BCUT2D eigenvalue weighted by molar-refractivity contribution is 0.477. The zero-order valence-corrected chi connectivity index (χ0v) is 27.4. The normalized spacial score (nSPS) is 12.1. The summed E-state index contributed by atoms with van der Waals surface area (Å²) in [5, 5.41) is 4.81. The maximum absolute atomic E-state index is 6.72. The minimum atomic E-state index is 0.679. The van der Waals surface area contributed by atoms with Gasteiger partial charge in [-0.05, 0) is 42.5 Å². The van der Waals surface area contributed by atoms with E-state index in [-0.39, 0.29) is 0 Å². The first kappa shape index (κ1) is 27.9. The Morgan fingerprint density at radius 1 is 0.412 bits per heavy atom. The molecule has 0 aliphatic carbocycles. The third-order valence-corrected chi connectivity index (χ3v) is 10.1. The molecular formula is C46H28N4O. The van der Waals surface area contributed by atoms with E-state index in [1.807, 2.05) is 42.5 Å². The van der Waals surface area contributed by atoms with Gasteiger partial charge in [0.25, 0.3) is 0 Å². The topological polar surface area (TPSA) is 44.9 Å². The average Bonchev–Trinajstić information content (AvgIpc) is 3.72. The summed E-state index contributed by atoms with van der Waals surface area (Å²) in [6.45, 7) is 0. The number of hydrogen-bond acceptors (Lipinski definition) is 3. The highest BCUT2D eigenvalue weighted by Crippen LogP contribution is 2.50. The van der Waals surface area contributed by atoms with Gasteiger partial charge in [0.2, 0.25) is 0 Å². The van der Waals surface area contributed by atoms with Crippen molar-refractivity contribution in [3.8, 4) is 56.8 Å². The van der Waals surface area contributed by atoms with Crippen LogP contribution in [0.15, 0.2) is 170 Å². The Kier molecular flexibility index (Phi) is 5.89. The Morgan fingerprint density at radius 3 is 1.73 bits per heavy atom. The van der Waals surface area contributed by atoms with Gasteiger partial charge in [0.05, 0.1) is 39.1 Å². The van der Waals surface area contributed by atoms with Crippen LogP contribution in [0.5, 0.6) is 11.5 Å². The van der Waals surface area contributed by atoms with E-state index in [4.69, 9.17) is 14.7 Å². The molecule has 0 unspecified atom stereocenters. The monoisotopic (exact) mass is 652 g/mol. The first-order chi connectivity index (χ1) is 25.3. The van der Waals surface area contributed by atoms with Crippen LogP contribution in [0.4, 0.5) is 0 Å². The standard InChI is InChI=1S/C46H28N4O/c1-3-14-29(15-4-1)35-27-36(30-16-5-2-6-17-30)48-46(47-35)31-18-13-19-32(26-31)49-37-22-9-7-20-33(37)43-40(49)28-42-45-44(43)34-21-8-10-23-38(34)50(45)39-24-11-12-25-41(39)51-42/h1-28H. The van der Waals surface area contributed by atoms with Crippen LogP contribution in [0.25, 0.3) is 88.9 Å². The number of nitrogens with zero attached hydrogens (tertiary/aromatic N) is 4. The van der Waals surface area contributed by atoms with Crippen LogP contribution in [0, 0.1) is 0 Å². The minimum Gasteiger partial charge on any atom is -0.453 e. The second-order valence-corrected chi connectivity index (χ2v) is 13.0. The molecule has 0 radical (unpaired) electrons. The fourth-order valence-electron chi connectivity index (χ4n) is 7.90. The lowest BCUT2D eigenvalue weighted by atomic mass is 10.0. The Balaban J connectivity index is 1.18. The van der Waals surface area contributed by atoms with Crippen molar-refractivity contribution in [1.29, 1.82) is 0 Å². The van der Waals surface area contributed by atoms with Crippen LogP contribution in [-0.2, 0) is 0 Å². The summed E-state index contributed by atoms with van der Waals surface area (Å²) in [5.74, 6) is 2.37. The van der Waals surface area contributed by atoms with Crippen molar-refractivity contribution in [3.05, 3.63) is 170 Å². The Labute approximate surface area is 293 Å². The molecule has 7 aromatic carbocycles.